The summed E-state index contributed by atoms with van der Waals surface area (Å²) >= 11 is 1.64. The number of thiophene rings is 1. The van der Waals surface area contributed by atoms with Gasteiger partial charge < -0.3 is 9.64 Å². The van der Waals surface area contributed by atoms with Gasteiger partial charge >= 0.3 is 0 Å². The Bertz CT molecular complexity index is 816. The molecule has 24 heavy (non-hydrogen) atoms. The van der Waals surface area contributed by atoms with Gasteiger partial charge in [-0.3, -0.25) is 4.79 Å². The average molecular weight is 340 g/mol. The Morgan fingerprint density at radius 1 is 1.21 bits per heavy atom. The van der Waals surface area contributed by atoms with Crippen molar-refractivity contribution in [3.63, 3.8) is 0 Å². The van der Waals surface area contributed by atoms with Crippen LogP contribution >= 0.6 is 11.3 Å². The zero-order valence-corrected chi connectivity index (χ0v) is 13.7. The molecule has 1 amide bonds. The Morgan fingerprint density at radius 2 is 2.08 bits per heavy atom. The Morgan fingerprint density at radius 3 is 2.88 bits per heavy atom. The highest BCUT2D eigenvalue weighted by Gasteiger charge is 2.29. The Labute approximate surface area is 143 Å². The van der Waals surface area contributed by atoms with E-state index in [1.165, 1.54) is 0 Å². The molecule has 2 aromatic heterocycles. The van der Waals surface area contributed by atoms with E-state index in [0.717, 1.165) is 10.4 Å². The summed E-state index contributed by atoms with van der Waals surface area (Å²) in [5, 5.41) is 12.8. The van der Waals surface area contributed by atoms with Crippen molar-refractivity contribution in [3.05, 3.63) is 58.4 Å². The van der Waals surface area contributed by atoms with Gasteiger partial charge in [0.2, 0.25) is 0 Å². The van der Waals surface area contributed by atoms with Crippen LogP contribution in [0, 0.1) is 0 Å². The second-order valence-electron chi connectivity index (χ2n) is 5.51. The van der Waals surface area contributed by atoms with Gasteiger partial charge in [0.05, 0.1) is 13.2 Å². The second kappa shape index (κ2) is 6.54. The van der Waals surface area contributed by atoms with Crippen molar-refractivity contribution in [2.45, 2.75) is 6.10 Å². The number of amides is 1. The zero-order chi connectivity index (χ0) is 16.4. The van der Waals surface area contributed by atoms with E-state index < -0.39 is 0 Å². The molecule has 122 valence electrons. The molecule has 1 aromatic carbocycles. The van der Waals surface area contributed by atoms with E-state index in [1.807, 2.05) is 47.8 Å². The summed E-state index contributed by atoms with van der Waals surface area (Å²) in [5.41, 5.74) is 1.81. The van der Waals surface area contributed by atoms with Gasteiger partial charge in [0.25, 0.3) is 5.91 Å². The van der Waals surface area contributed by atoms with Gasteiger partial charge in [-0.15, -0.1) is 11.3 Å². The Kier molecular flexibility index (Phi) is 4.10. The summed E-state index contributed by atoms with van der Waals surface area (Å²) < 4.78 is 5.81. The van der Waals surface area contributed by atoms with Gasteiger partial charge in [0.1, 0.15) is 11.8 Å². The maximum absolute atomic E-state index is 12.9. The highest BCUT2D eigenvalue weighted by Crippen LogP contribution is 2.27. The first kappa shape index (κ1) is 15.0. The summed E-state index contributed by atoms with van der Waals surface area (Å²) in [6.45, 7) is 1.61. The molecule has 0 unspecified atom stereocenters. The van der Waals surface area contributed by atoms with Crippen molar-refractivity contribution in [1.29, 1.82) is 0 Å². The third kappa shape index (κ3) is 2.83. The molecule has 1 N–H and O–H groups in total. The molecule has 1 saturated heterocycles. The second-order valence-corrected chi connectivity index (χ2v) is 6.49. The summed E-state index contributed by atoms with van der Waals surface area (Å²) in [7, 11) is 0. The van der Waals surface area contributed by atoms with Crippen molar-refractivity contribution in [3.8, 4) is 11.3 Å². The van der Waals surface area contributed by atoms with Gasteiger partial charge in [-0.2, -0.15) is 15.4 Å². The van der Waals surface area contributed by atoms with E-state index in [4.69, 9.17) is 4.74 Å². The summed E-state index contributed by atoms with van der Waals surface area (Å²) in [6.07, 6.45) is -0.0743. The number of morpholine rings is 1. The number of hydrogen-bond donors (Lipinski definition) is 1. The molecule has 1 aliphatic rings. The number of benzene rings is 1. The molecule has 0 bridgehead atoms. The zero-order valence-electron chi connectivity index (χ0n) is 12.9. The standard InChI is InChI=1S/C17H16N4O2S/c22-17(16-15(18-20-19-16)12-5-2-1-3-6-12)21-8-9-23-13(11-21)14-7-4-10-24-14/h1-7,10,13H,8-9,11H2,(H,18,19,20)/t13-/m1/s1. The molecular weight excluding hydrogens is 324 g/mol. The van der Waals surface area contributed by atoms with Crippen LogP contribution in [0.15, 0.2) is 47.8 Å². The lowest BCUT2D eigenvalue weighted by Gasteiger charge is -2.32. The van der Waals surface area contributed by atoms with Crippen LogP contribution in [0.1, 0.15) is 21.5 Å². The monoisotopic (exact) mass is 340 g/mol. The highest BCUT2D eigenvalue weighted by atomic mass is 32.1. The number of hydrogen-bond acceptors (Lipinski definition) is 5. The van der Waals surface area contributed by atoms with Crippen LogP contribution in [-0.4, -0.2) is 45.9 Å². The fourth-order valence-corrected chi connectivity index (χ4v) is 3.57. The quantitative estimate of drug-likeness (QED) is 0.796. The minimum Gasteiger partial charge on any atom is -0.369 e. The lowest BCUT2D eigenvalue weighted by atomic mass is 10.1. The van der Waals surface area contributed by atoms with Gasteiger partial charge in [0.15, 0.2) is 5.69 Å². The van der Waals surface area contributed by atoms with Crippen LogP contribution in [0.2, 0.25) is 0 Å². The number of aromatic nitrogens is 3. The maximum Gasteiger partial charge on any atom is 0.276 e. The maximum atomic E-state index is 12.9. The fraction of sp³-hybridized carbons (Fsp3) is 0.235. The number of nitrogens with zero attached hydrogens (tertiary/aromatic N) is 3. The van der Waals surface area contributed by atoms with E-state index in [1.54, 1.807) is 16.2 Å². The molecule has 0 aliphatic carbocycles. The number of aromatic amines is 1. The van der Waals surface area contributed by atoms with E-state index in [-0.39, 0.29) is 12.0 Å². The van der Waals surface area contributed by atoms with E-state index >= 15 is 0 Å². The van der Waals surface area contributed by atoms with E-state index in [9.17, 15) is 4.79 Å². The molecular formula is C17H16N4O2S. The first-order valence-electron chi connectivity index (χ1n) is 7.73. The van der Waals surface area contributed by atoms with Crippen LogP contribution in [0.25, 0.3) is 11.3 Å². The molecule has 7 heteroatoms. The number of rotatable bonds is 3. The molecule has 3 aromatic rings. The molecule has 6 nitrogen and oxygen atoms in total. The number of carbonyl (C=O) groups excluding carboxylic acids is 1. The SMILES string of the molecule is O=C(c1n[nH]nc1-c1ccccc1)N1CCO[C@@H](c2cccs2)C1. The largest absolute Gasteiger partial charge is 0.369 e. The van der Waals surface area contributed by atoms with Crippen molar-refractivity contribution < 1.29 is 9.53 Å². The van der Waals surface area contributed by atoms with Gasteiger partial charge in [0, 0.05) is 17.0 Å². The van der Waals surface area contributed by atoms with E-state index in [2.05, 4.69) is 15.4 Å². The van der Waals surface area contributed by atoms with Crippen LogP contribution in [0.4, 0.5) is 0 Å². The van der Waals surface area contributed by atoms with Crippen molar-refractivity contribution >= 4 is 17.2 Å². The van der Waals surface area contributed by atoms with Gasteiger partial charge in [-0.1, -0.05) is 36.4 Å². The lowest BCUT2D eigenvalue weighted by Crippen LogP contribution is -2.42. The summed E-state index contributed by atoms with van der Waals surface area (Å²) in [4.78, 5) is 15.8. The molecule has 1 fully saturated rings. The minimum atomic E-state index is -0.118. The summed E-state index contributed by atoms with van der Waals surface area (Å²) in [6, 6.07) is 13.6. The van der Waals surface area contributed by atoms with Crippen LogP contribution in [0.5, 0.6) is 0 Å². The van der Waals surface area contributed by atoms with Crippen molar-refractivity contribution in [2.24, 2.45) is 0 Å². The number of H-pyrrole nitrogens is 1. The smallest absolute Gasteiger partial charge is 0.276 e. The normalized spacial score (nSPS) is 17.8. The lowest BCUT2D eigenvalue weighted by molar-refractivity contribution is -0.0213. The molecule has 0 spiro atoms. The van der Waals surface area contributed by atoms with Gasteiger partial charge in [-0.05, 0) is 11.4 Å². The first-order chi connectivity index (χ1) is 11.8. The Balaban J connectivity index is 1.57. The van der Waals surface area contributed by atoms with Gasteiger partial charge in [-0.25, -0.2) is 0 Å². The predicted molar refractivity (Wildman–Crippen MR) is 90.7 cm³/mol. The minimum absolute atomic E-state index is 0.0743. The number of carbonyl (C=O) groups is 1. The highest BCUT2D eigenvalue weighted by molar-refractivity contribution is 7.10. The molecule has 0 radical (unpaired) electrons. The molecule has 4 rings (SSSR count). The predicted octanol–water partition coefficient (Wildman–Crippen LogP) is 2.75. The number of nitrogens with one attached hydrogen (secondary N) is 1. The third-order valence-corrected chi connectivity index (χ3v) is 4.98. The number of ether oxygens (including phenoxy) is 1. The first-order valence-corrected chi connectivity index (χ1v) is 8.61. The Hall–Kier alpha value is -2.51. The molecule has 1 aliphatic heterocycles. The molecule has 1 atom stereocenters. The van der Waals surface area contributed by atoms with E-state index in [0.29, 0.717) is 31.1 Å². The van der Waals surface area contributed by atoms with Crippen molar-refractivity contribution in [2.75, 3.05) is 19.7 Å². The fourth-order valence-electron chi connectivity index (χ4n) is 2.81. The van der Waals surface area contributed by atoms with Crippen LogP contribution < -0.4 is 0 Å². The average Bonchev–Trinajstić information content (AvgIpc) is 3.34. The van der Waals surface area contributed by atoms with Crippen LogP contribution in [-0.2, 0) is 4.74 Å². The third-order valence-electron chi connectivity index (χ3n) is 4.01. The van der Waals surface area contributed by atoms with Crippen molar-refractivity contribution in [1.82, 2.24) is 20.3 Å². The van der Waals surface area contributed by atoms with Crippen LogP contribution in [0.3, 0.4) is 0 Å². The molecule has 3 heterocycles. The summed E-state index contributed by atoms with van der Waals surface area (Å²) in [5.74, 6) is -0.118. The molecule has 0 saturated carbocycles. The topological polar surface area (TPSA) is 71.1 Å².